The van der Waals surface area contributed by atoms with Gasteiger partial charge in [-0.2, -0.15) is 0 Å². The monoisotopic (exact) mass is 356 g/mol. The van der Waals surface area contributed by atoms with Crippen LogP contribution in [0.3, 0.4) is 0 Å². The topological polar surface area (TPSA) is 48.5 Å². The lowest BCUT2D eigenvalue weighted by Gasteiger charge is -2.37. The minimum atomic E-state index is -0.447. The summed E-state index contributed by atoms with van der Waals surface area (Å²) in [5.41, 5.74) is 1.64. The Balaban J connectivity index is 1.58. The zero-order valence-electron chi connectivity index (χ0n) is 15.5. The van der Waals surface area contributed by atoms with E-state index in [0.29, 0.717) is 5.82 Å². The highest BCUT2D eigenvalue weighted by Crippen LogP contribution is 2.22. The molecular weight excluding hydrogens is 331 g/mol. The molecule has 2 heterocycles. The fourth-order valence-corrected chi connectivity index (χ4v) is 2.83. The second-order valence-corrected chi connectivity index (χ2v) is 7.56. The first-order valence-electron chi connectivity index (χ1n) is 8.86. The Morgan fingerprint density at radius 3 is 2.00 bits per heavy atom. The molecule has 3 rings (SSSR count). The normalized spacial score (nSPS) is 15.1. The average Bonchev–Trinajstić information content (AvgIpc) is 2.62. The van der Waals surface area contributed by atoms with Crippen molar-refractivity contribution in [1.29, 1.82) is 0 Å². The van der Waals surface area contributed by atoms with E-state index in [2.05, 4.69) is 20.1 Å². The molecule has 1 amide bonds. The number of carbonyl (C=O) groups is 1. The van der Waals surface area contributed by atoms with Crippen molar-refractivity contribution in [3.8, 4) is 0 Å². The van der Waals surface area contributed by atoms with Crippen molar-refractivity contribution in [3.05, 3.63) is 48.4 Å². The summed E-state index contributed by atoms with van der Waals surface area (Å²) < 4.78 is 13.1. The van der Waals surface area contributed by atoms with E-state index in [1.54, 1.807) is 6.20 Å². The van der Waals surface area contributed by atoms with E-state index in [0.717, 1.165) is 37.6 Å². The van der Waals surface area contributed by atoms with Crippen molar-refractivity contribution in [2.75, 3.05) is 41.3 Å². The van der Waals surface area contributed by atoms with E-state index in [1.807, 2.05) is 45.0 Å². The highest BCUT2D eigenvalue weighted by molar-refractivity contribution is 5.93. The first kappa shape index (κ1) is 18.2. The quantitative estimate of drug-likeness (QED) is 0.914. The third-order valence-electron chi connectivity index (χ3n) is 4.51. The number of amides is 1. The van der Waals surface area contributed by atoms with Gasteiger partial charge in [-0.25, -0.2) is 9.37 Å². The molecule has 1 aliphatic heterocycles. The van der Waals surface area contributed by atoms with Gasteiger partial charge in [-0.1, -0.05) is 20.8 Å². The summed E-state index contributed by atoms with van der Waals surface area (Å²) in [7, 11) is 0. The van der Waals surface area contributed by atoms with Gasteiger partial charge in [0.15, 0.2) is 0 Å². The predicted octanol–water partition coefficient (Wildman–Crippen LogP) is 3.53. The van der Waals surface area contributed by atoms with Gasteiger partial charge < -0.3 is 15.1 Å². The third kappa shape index (κ3) is 4.31. The number of carbonyl (C=O) groups excluding carboxylic acids is 1. The number of anilines is 3. The summed E-state index contributed by atoms with van der Waals surface area (Å²) in [5.74, 6) is 0.307. The molecule has 0 unspecified atom stereocenters. The maximum atomic E-state index is 13.1. The van der Waals surface area contributed by atoms with Gasteiger partial charge in [-0.15, -0.1) is 0 Å². The number of piperazine rings is 1. The Bertz CT molecular complexity index is 745. The Labute approximate surface area is 153 Å². The van der Waals surface area contributed by atoms with Crippen LogP contribution in [-0.4, -0.2) is 37.1 Å². The molecule has 0 atom stereocenters. The van der Waals surface area contributed by atoms with E-state index in [1.165, 1.54) is 12.1 Å². The minimum Gasteiger partial charge on any atom is -0.368 e. The van der Waals surface area contributed by atoms with E-state index < -0.39 is 5.41 Å². The minimum absolute atomic E-state index is 0.0503. The van der Waals surface area contributed by atoms with Crippen molar-refractivity contribution in [2.45, 2.75) is 20.8 Å². The summed E-state index contributed by atoms with van der Waals surface area (Å²) >= 11 is 0. The summed E-state index contributed by atoms with van der Waals surface area (Å²) in [6.45, 7) is 9.09. The highest BCUT2D eigenvalue weighted by atomic mass is 19.1. The first-order chi connectivity index (χ1) is 12.3. The number of rotatable bonds is 3. The largest absolute Gasteiger partial charge is 0.368 e. The molecule has 1 aromatic carbocycles. The lowest BCUT2D eigenvalue weighted by Crippen LogP contribution is -2.46. The molecule has 0 saturated carbocycles. The molecular formula is C20H25FN4O. The van der Waals surface area contributed by atoms with Crippen molar-refractivity contribution in [2.24, 2.45) is 5.41 Å². The van der Waals surface area contributed by atoms with Crippen LogP contribution in [-0.2, 0) is 4.79 Å². The number of nitrogens with zero attached hydrogens (tertiary/aromatic N) is 3. The molecule has 0 spiro atoms. The number of benzene rings is 1. The number of aromatic nitrogens is 1. The lowest BCUT2D eigenvalue weighted by molar-refractivity contribution is -0.123. The lowest BCUT2D eigenvalue weighted by atomic mass is 9.96. The second kappa shape index (κ2) is 7.32. The molecule has 0 aliphatic carbocycles. The summed E-state index contributed by atoms with van der Waals surface area (Å²) in [6.07, 6.45) is 1.80. The van der Waals surface area contributed by atoms with Crippen molar-refractivity contribution in [3.63, 3.8) is 0 Å². The Kier molecular flexibility index (Phi) is 5.11. The van der Waals surface area contributed by atoms with Gasteiger partial charge in [0.25, 0.3) is 0 Å². The summed E-state index contributed by atoms with van der Waals surface area (Å²) in [6, 6.07) is 10.5. The molecule has 1 N–H and O–H groups in total. The average molecular weight is 356 g/mol. The number of hydrogen-bond acceptors (Lipinski definition) is 4. The first-order valence-corrected chi connectivity index (χ1v) is 8.86. The zero-order chi connectivity index (χ0) is 18.7. The zero-order valence-corrected chi connectivity index (χ0v) is 15.5. The van der Waals surface area contributed by atoms with Crippen LogP contribution >= 0.6 is 0 Å². The Morgan fingerprint density at radius 1 is 0.962 bits per heavy atom. The number of halogens is 1. The molecule has 0 radical (unpaired) electrons. The molecule has 6 heteroatoms. The van der Waals surface area contributed by atoms with Crippen molar-refractivity contribution < 1.29 is 9.18 Å². The van der Waals surface area contributed by atoms with E-state index >= 15 is 0 Å². The van der Waals surface area contributed by atoms with Gasteiger partial charge in [0.05, 0.1) is 11.9 Å². The van der Waals surface area contributed by atoms with Crippen LogP contribution in [0.1, 0.15) is 20.8 Å². The standard InChI is InChI=1S/C20H25FN4O/c1-20(2,3)19(26)23-18-9-8-17(14-22-18)25-12-10-24(11-13-25)16-6-4-15(21)5-7-16/h4-9,14H,10-13H2,1-3H3,(H,22,23,26). The molecule has 1 saturated heterocycles. The van der Waals surface area contributed by atoms with Crippen LogP contribution in [0, 0.1) is 11.2 Å². The van der Waals surface area contributed by atoms with Crippen LogP contribution in [0.25, 0.3) is 0 Å². The van der Waals surface area contributed by atoms with Gasteiger partial charge in [0.1, 0.15) is 11.6 Å². The van der Waals surface area contributed by atoms with E-state index in [-0.39, 0.29) is 11.7 Å². The maximum absolute atomic E-state index is 13.1. The molecule has 1 aromatic heterocycles. The molecule has 1 fully saturated rings. The van der Waals surface area contributed by atoms with Crippen LogP contribution in [0.15, 0.2) is 42.6 Å². The Hall–Kier alpha value is -2.63. The van der Waals surface area contributed by atoms with Gasteiger partial charge >= 0.3 is 0 Å². The van der Waals surface area contributed by atoms with Crippen molar-refractivity contribution in [1.82, 2.24) is 4.98 Å². The van der Waals surface area contributed by atoms with Crippen LogP contribution in [0.4, 0.5) is 21.6 Å². The molecule has 138 valence electrons. The SMILES string of the molecule is CC(C)(C)C(=O)Nc1ccc(N2CCN(c3ccc(F)cc3)CC2)cn1. The van der Waals surface area contributed by atoms with Gasteiger partial charge in [0, 0.05) is 37.3 Å². The second-order valence-electron chi connectivity index (χ2n) is 7.56. The molecule has 1 aliphatic rings. The van der Waals surface area contributed by atoms with Crippen LogP contribution in [0.2, 0.25) is 0 Å². The van der Waals surface area contributed by atoms with Crippen molar-refractivity contribution >= 4 is 23.1 Å². The summed E-state index contributed by atoms with van der Waals surface area (Å²) in [5, 5.41) is 2.84. The van der Waals surface area contributed by atoms with Gasteiger partial charge in [0.2, 0.25) is 5.91 Å². The predicted molar refractivity (Wildman–Crippen MR) is 103 cm³/mol. The maximum Gasteiger partial charge on any atom is 0.230 e. The van der Waals surface area contributed by atoms with E-state index in [4.69, 9.17) is 0 Å². The smallest absolute Gasteiger partial charge is 0.230 e. The number of nitrogens with one attached hydrogen (secondary N) is 1. The highest BCUT2D eigenvalue weighted by Gasteiger charge is 2.22. The fraction of sp³-hybridized carbons (Fsp3) is 0.400. The van der Waals surface area contributed by atoms with Gasteiger partial charge in [-0.05, 0) is 36.4 Å². The summed E-state index contributed by atoms with van der Waals surface area (Å²) in [4.78, 5) is 20.9. The Morgan fingerprint density at radius 2 is 1.50 bits per heavy atom. The molecule has 5 nitrogen and oxygen atoms in total. The third-order valence-corrected chi connectivity index (χ3v) is 4.51. The van der Waals surface area contributed by atoms with Gasteiger partial charge in [-0.3, -0.25) is 4.79 Å². The number of pyridine rings is 1. The molecule has 26 heavy (non-hydrogen) atoms. The number of hydrogen-bond donors (Lipinski definition) is 1. The molecule has 0 bridgehead atoms. The van der Waals surface area contributed by atoms with Crippen LogP contribution in [0.5, 0.6) is 0 Å². The van der Waals surface area contributed by atoms with Crippen LogP contribution < -0.4 is 15.1 Å². The molecule has 2 aromatic rings. The fourth-order valence-electron chi connectivity index (χ4n) is 2.83. The van der Waals surface area contributed by atoms with E-state index in [9.17, 15) is 9.18 Å².